The minimum absolute atomic E-state index is 0.0434. The molecule has 0 radical (unpaired) electrons. The fraction of sp³-hybridized carbons (Fsp3) is 0.238. The Balaban J connectivity index is 2.08. The Morgan fingerprint density at radius 1 is 1.08 bits per heavy atom. The number of Topliss-reactive ketones (excluding diaryl/α,β-unsaturated/α-hetero) is 1. The summed E-state index contributed by atoms with van der Waals surface area (Å²) >= 11 is 0. The highest BCUT2D eigenvalue weighted by Crippen LogP contribution is 2.29. The van der Waals surface area contributed by atoms with E-state index in [-0.39, 0.29) is 17.8 Å². The second-order valence-corrected chi connectivity index (χ2v) is 6.04. The third-order valence-electron chi connectivity index (χ3n) is 3.51. The lowest BCUT2D eigenvalue weighted by Crippen LogP contribution is -2.08. The molecule has 26 heavy (non-hydrogen) atoms. The maximum absolute atomic E-state index is 12.1. The molecule has 0 aromatic heterocycles. The summed E-state index contributed by atoms with van der Waals surface area (Å²) in [5.41, 5.74) is 1.94. The Bertz CT molecular complexity index is 825. The number of hydrogen-bond donors (Lipinski definition) is 1. The van der Waals surface area contributed by atoms with Crippen LogP contribution in [0.3, 0.4) is 0 Å². The van der Waals surface area contributed by atoms with Crippen molar-refractivity contribution in [1.29, 1.82) is 0 Å². The van der Waals surface area contributed by atoms with Crippen molar-refractivity contribution in [2.75, 3.05) is 12.4 Å². The van der Waals surface area contributed by atoms with Crippen LogP contribution >= 0.6 is 0 Å². The van der Waals surface area contributed by atoms with Gasteiger partial charge >= 0.3 is 0 Å². The van der Waals surface area contributed by atoms with Gasteiger partial charge in [0.2, 0.25) is 5.91 Å². The van der Waals surface area contributed by atoms with Crippen molar-refractivity contribution >= 4 is 23.5 Å². The van der Waals surface area contributed by atoms with Crippen LogP contribution in [0.4, 0.5) is 5.69 Å². The lowest BCUT2D eigenvalue weighted by Gasteiger charge is -2.13. The van der Waals surface area contributed by atoms with Crippen molar-refractivity contribution in [3.05, 3.63) is 59.7 Å². The van der Waals surface area contributed by atoms with Crippen LogP contribution in [0.2, 0.25) is 0 Å². The average molecular weight is 353 g/mol. The molecule has 5 nitrogen and oxygen atoms in total. The van der Waals surface area contributed by atoms with Crippen molar-refractivity contribution < 1.29 is 19.1 Å². The number of carbonyl (C=O) groups excluding carboxylic acids is 2. The quantitative estimate of drug-likeness (QED) is 0.594. The number of anilines is 1. The fourth-order valence-electron chi connectivity index (χ4n) is 2.31. The van der Waals surface area contributed by atoms with Crippen LogP contribution in [0.15, 0.2) is 48.5 Å². The monoisotopic (exact) mass is 353 g/mol. The number of benzene rings is 2. The second-order valence-electron chi connectivity index (χ2n) is 6.04. The highest BCUT2D eigenvalue weighted by atomic mass is 16.5. The number of carbonyl (C=O) groups is 2. The van der Waals surface area contributed by atoms with Crippen molar-refractivity contribution in [3.8, 4) is 11.5 Å². The SMILES string of the molecule is COc1cc(/C=C/C(=O)Nc2cccc(C(C)=O)c2)ccc1OC(C)C. The number of ketones is 1. The van der Waals surface area contributed by atoms with Gasteiger partial charge in [0.25, 0.3) is 0 Å². The van der Waals surface area contributed by atoms with E-state index in [1.54, 1.807) is 43.5 Å². The number of ether oxygens (including phenoxy) is 2. The molecule has 0 saturated heterocycles. The summed E-state index contributed by atoms with van der Waals surface area (Å²) in [4.78, 5) is 23.5. The van der Waals surface area contributed by atoms with Gasteiger partial charge in [-0.15, -0.1) is 0 Å². The Morgan fingerprint density at radius 2 is 1.85 bits per heavy atom. The Morgan fingerprint density at radius 3 is 2.50 bits per heavy atom. The predicted molar refractivity (Wildman–Crippen MR) is 103 cm³/mol. The highest BCUT2D eigenvalue weighted by Gasteiger charge is 2.07. The normalized spacial score (nSPS) is 10.8. The van der Waals surface area contributed by atoms with Gasteiger partial charge in [-0.2, -0.15) is 0 Å². The van der Waals surface area contributed by atoms with Crippen molar-refractivity contribution in [1.82, 2.24) is 0 Å². The first-order chi connectivity index (χ1) is 12.4. The van der Waals surface area contributed by atoms with Gasteiger partial charge in [0, 0.05) is 17.3 Å². The number of amides is 1. The van der Waals surface area contributed by atoms with Gasteiger partial charge in [-0.25, -0.2) is 0 Å². The van der Waals surface area contributed by atoms with Crippen LogP contribution < -0.4 is 14.8 Å². The molecule has 0 atom stereocenters. The standard InChI is InChI=1S/C21H23NO4/c1-14(2)26-19-10-8-16(12-20(19)25-4)9-11-21(24)22-18-7-5-6-17(13-18)15(3)23/h5-14H,1-4H3,(H,22,24)/b11-9+. The summed E-state index contributed by atoms with van der Waals surface area (Å²) in [7, 11) is 1.57. The van der Waals surface area contributed by atoms with E-state index >= 15 is 0 Å². The lowest BCUT2D eigenvalue weighted by molar-refractivity contribution is -0.111. The first kappa shape index (κ1) is 19.2. The number of nitrogens with one attached hydrogen (secondary N) is 1. The van der Waals surface area contributed by atoms with Gasteiger partial charge in [0.15, 0.2) is 17.3 Å². The smallest absolute Gasteiger partial charge is 0.248 e. The minimum Gasteiger partial charge on any atom is -0.493 e. The molecule has 5 heteroatoms. The van der Waals surface area contributed by atoms with E-state index in [0.717, 1.165) is 5.56 Å². The van der Waals surface area contributed by atoms with Gasteiger partial charge in [-0.1, -0.05) is 18.2 Å². The highest BCUT2D eigenvalue weighted by molar-refractivity contribution is 6.03. The van der Waals surface area contributed by atoms with Crippen molar-refractivity contribution in [2.45, 2.75) is 26.9 Å². The third kappa shape index (κ3) is 5.48. The molecule has 2 rings (SSSR count). The van der Waals surface area contributed by atoms with Crippen LogP contribution in [0.1, 0.15) is 36.7 Å². The lowest BCUT2D eigenvalue weighted by atomic mass is 10.1. The predicted octanol–water partition coefficient (Wildman–Crippen LogP) is 4.34. The first-order valence-electron chi connectivity index (χ1n) is 8.34. The van der Waals surface area contributed by atoms with E-state index in [9.17, 15) is 9.59 Å². The van der Waals surface area contributed by atoms with Gasteiger partial charge in [-0.05, 0) is 56.7 Å². The summed E-state index contributed by atoms with van der Waals surface area (Å²) in [6.07, 6.45) is 3.16. The summed E-state index contributed by atoms with van der Waals surface area (Å²) in [5.74, 6) is 0.931. The molecule has 0 aliphatic carbocycles. The van der Waals surface area contributed by atoms with E-state index in [2.05, 4.69) is 5.32 Å². The summed E-state index contributed by atoms with van der Waals surface area (Å²) in [6.45, 7) is 5.37. The molecule has 0 unspecified atom stereocenters. The minimum atomic E-state index is -0.285. The molecule has 2 aromatic rings. The van der Waals surface area contributed by atoms with Crippen molar-refractivity contribution in [3.63, 3.8) is 0 Å². The third-order valence-corrected chi connectivity index (χ3v) is 3.51. The van der Waals surface area contributed by atoms with E-state index in [1.807, 2.05) is 26.0 Å². The van der Waals surface area contributed by atoms with E-state index in [0.29, 0.717) is 22.7 Å². The molecule has 0 aliphatic heterocycles. The van der Waals surface area contributed by atoms with Crippen LogP contribution in [0, 0.1) is 0 Å². The van der Waals surface area contributed by atoms with Gasteiger partial charge in [0.05, 0.1) is 13.2 Å². The molecule has 0 bridgehead atoms. The second kappa shape index (κ2) is 8.85. The zero-order valence-corrected chi connectivity index (χ0v) is 15.4. The molecule has 0 spiro atoms. The van der Waals surface area contributed by atoms with Gasteiger partial charge in [-0.3, -0.25) is 9.59 Å². The molecular formula is C21H23NO4. The first-order valence-corrected chi connectivity index (χ1v) is 8.34. The molecule has 2 aromatic carbocycles. The van der Waals surface area contributed by atoms with Gasteiger partial charge < -0.3 is 14.8 Å². The largest absolute Gasteiger partial charge is 0.493 e. The van der Waals surface area contributed by atoms with Gasteiger partial charge in [0.1, 0.15) is 0 Å². The maximum Gasteiger partial charge on any atom is 0.248 e. The Kier molecular flexibility index (Phi) is 6.55. The van der Waals surface area contributed by atoms with E-state index < -0.39 is 0 Å². The molecular weight excluding hydrogens is 330 g/mol. The molecule has 136 valence electrons. The summed E-state index contributed by atoms with van der Waals surface area (Å²) in [5, 5.41) is 2.74. The molecule has 1 amide bonds. The van der Waals surface area contributed by atoms with Crippen molar-refractivity contribution in [2.24, 2.45) is 0 Å². The topological polar surface area (TPSA) is 64.6 Å². The Labute approximate surface area is 153 Å². The molecule has 0 saturated carbocycles. The van der Waals surface area contributed by atoms with E-state index in [1.165, 1.54) is 13.0 Å². The Hall–Kier alpha value is -3.08. The zero-order chi connectivity index (χ0) is 19.1. The van der Waals surface area contributed by atoms with Crippen LogP contribution in [-0.2, 0) is 4.79 Å². The molecule has 0 heterocycles. The van der Waals surface area contributed by atoms with Crippen LogP contribution in [0.25, 0.3) is 6.08 Å². The number of hydrogen-bond acceptors (Lipinski definition) is 4. The average Bonchev–Trinajstić information content (AvgIpc) is 2.60. The van der Waals surface area contributed by atoms with Crippen LogP contribution in [-0.4, -0.2) is 24.9 Å². The summed E-state index contributed by atoms with van der Waals surface area (Å²) in [6, 6.07) is 12.3. The maximum atomic E-state index is 12.1. The number of methoxy groups -OCH3 is 1. The fourth-order valence-corrected chi connectivity index (χ4v) is 2.31. The molecule has 0 aliphatic rings. The van der Waals surface area contributed by atoms with Crippen LogP contribution in [0.5, 0.6) is 11.5 Å². The molecule has 1 N–H and O–H groups in total. The number of rotatable bonds is 7. The summed E-state index contributed by atoms with van der Waals surface area (Å²) < 4.78 is 11.0. The zero-order valence-electron chi connectivity index (χ0n) is 15.4. The molecule has 0 fully saturated rings. The van der Waals surface area contributed by atoms with E-state index in [4.69, 9.17) is 9.47 Å².